The third kappa shape index (κ3) is 5.39. The fourth-order valence-electron chi connectivity index (χ4n) is 3.11. The topological polar surface area (TPSA) is 74.1 Å². The Bertz CT molecular complexity index is 1090. The number of aromatic nitrogens is 4. The van der Waals surface area contributed by atoms with E-state index in [1.54, 1.807) is 7.11 Å². The second-order valence-electron chi connectivity index (χ2n) is 6.81. The van der Waals surface area contributed by atoms with Crippen molar-refractivity contribution in [2.24, 2.45) is 0 Å². The highest BCUT2D eigenvalue weighted by Gasteiger charge is 2.14. The van der Waals surface area contributed by atoms with Gasteiger partial charge in [0.05, 0.1) is 12.8 Å². The molecule has 4 aromatic rings. The van der Waals surface area contributed by atoms with Crippen molar-refractivity contribution < 1.29 is 21.9 Å². The van der Waals surface area contributed by atoms with Gasteiger partial charge in [-0.25, -0.2) is 0 Å². The van der Waals surface area contributed by atoms with Gasteiger partial charge in [0.15, 0.2) is 11.5 Å². The van der Waals surface area contributed by atoms with Crippen molar-refractivity contribution in [2.45, 2.75) is 19.5 Å². The number of hydrogen-bond donors (Lipinski definition) is 1. The molecule has 0 saturated carbocycles. The lowest BCUT2D eigenvalue weighted by molar-refractivity contribution is -0.00000707. The Morgan fingerprint density at radius 1 is 0.935 bits per heavy atom. The Labute approximate surface area is 187 Å². The van der Waals surface area contributed by atoms with E-state index in [0.29, 0.717) is 18.0 Å². The summed E-state index contributed by atoms with van der Waals surface area (Å²) >= 11 is 0. The Hall–Kier alpha value is -3.42. The molecule has 3 aromatic carbocycles. The molecule has 4 rings (SSSR count). The quantitative estimate of drug-likeness (QED) is 0.449. The van der Waals surface area contributed by atoms with E-state index in [-0.39, 0.29) is 24.5 Å². The van der Waals surface area contributed by atoms with Crippen LogP contribution in [0.15, 0.2) is 78.9 Å². The maximum atomic E-state index is 5.96. The number of para-hydroxylation sites is 1. The number of ether oxygens (including phenoxy) is 2. The maximum Gasteiger partial charge on any atom is 0.346 e. The van der Waals surface area contributed by atoms with Gasteiger partial charge in [0.2, 0.25) is 0 Å². The van der Waals surface area contributed by atoms with Crippen molar-refractivity contribution in [1.82, 2.24) is 25.5 Å². The molecular formula is C23H23ClN5O2-. The highest BCUT2D eigenvalue weighted by atomic mass is 35.5. The fourth-order valence-corrected chi connectivity index (χ4v) is 3.11. The number of methoxy groups -OCH3 is 1. The second-order valence-corrected chi connectivity index (χ2v) is 6.81. The van der Waals surface area contributed by atoms with Crippen LogP contribution in [-0.2, 0) is 6.54 Å². The number of nitrogens with zero attached hydrogens (tertiary/aromatic N) is 4. The Kier molecular flexibility index (Phi) is 7.59. The fraction of sp³-hybridized carbons (Fsp3) is 0.174. The van der Waals surface area contributed by atoms with Crippen LogP contribution in [0.1, 0.15) is 24.1 Å². The molecule has 0 aliphatic rings. The summed E-state index contributed by atoms with van der Waals surface area (Å²) in [5, 5.41) is 15.3. The Balaban J connectivity index is 0.00000272. The van der Waals surface area contributed by atoms with Gasteiger partial charge in [-0.3, -0.25) is 0 Å². The molecule has 7 nitrogen and oxygen atoms in total. The average Bonchev–Trinajstić information content (AvgIpc) is 3.27. The third-order valence-electron chi connectivity index (χ3n) is 4.78. The van der Waals surface area contributed by atoms with Crippen molar-refractivity contribution in [3.8, 4) is 23.2 Å². The minimum Gasteiger partial charge on any atom is -1.00 e. The van der Waals surface area contributed by atoms with Crippen molar-refractivity contribution in [1.29, 1.82) is 0 Å². The van der Waals surface area contributed by atoms with Gasteiger partial charge in [-0.05, 0) is 52.7 Å². The second kappa shape index (κ2) is 10.6. The molecule has 0 saturated heterocycles. The van der Waals surface area contributed by atoms with Gasteiger partial charge >= 0.3 is 6.01 Å². The van der Waals surface area contributed by atoms with Gasteiger partial charge in [-0.1, -0.05) is 59.7 Å². The van der Waals surface area contributed by atoms with Crippen LogP contribution in [0.25, 0.3) is 5.69 Å². The summed E-state index contributed by atoms with van der Waals surface area (Å²) in [7, 11) is 1.62. The van der Waals surface area contributed by atoms with E-state index in [9.17, 15) is 0 Å². The molecule has 8 heteroatoms. The SMILES string of the molecule is COc1cc(CNC(C)c2ccccc2)ccc1Oc1nnnn1-c1ccccc1.[Cl-]. The van der Waals surface area contributed by atoms with Gasteiger partial charge in [-0.15, -0.1) is 0 Å². The molecule has 0 spiro atoms. The molecule has 1 atom stereocenters. The van der Waals surface area contributed by atoms with Gasteiger partial charge in [0.25, 0.3) is 0 Å². The average molecular weight is 437 g/mol. The van der Waals surface area contributed by atoms with Crippen LogP contribution >= 0.6 is 0 Å². The first kappa shape index (κ1) is 22.3. The molecule has 31 heavy (non-hydrogen) atoms. The van der Waals surface area contributed by atoms with E-state index < -0.39 is 0 Å². The molecule has 0 aliphatic carbocycles. The van der Waals surface area contributed by atoms with E-state index >= 15 is 0 Å². The zero-order valence-electron chi connectivity index (χ0n) is 17.3. The standard InChI is InChI=1S/C23H23N5O2.ClH/c1-17(19-9-5-3-6-10-19)24-16-18-13-14-21(22(15-18)29-2)30-23-25-26-27-28(23)20-11-7-4-8-12-20;/h3-15,17,24H,16H2,1-2H3;1H/p-1. The lowest BCUT2D eigenvalue weighted by atomic mass is 10.1. The molecule has 1 N–H and O–H groups in total. The van der Waals surface area contributed by atoms with Crippen LogP contribution in [-0.4, -0.2) is 27.3 Å². The highest BCUT2D eigenvalue weighted by molar-refractivity contribution is 5.44. The number of tetrazole rings is 1. The predicted molar refractivity (Wildman–Crippen MR) is 114 cm³/mol. The third-order valence-corrected chi connectivity index (χ3v) is 4.78. The predicted octanol–water partition coefficient (Wildman–Crippen LogP) is 1.32. The van der Waals surface area contributed by atoms with Crippen molar-refractivity contribution in [3.63, 3.8) is 0 Å². The van der Waals surface area contributed by atoms with Crippen molar-refractivity contribution >= 4 is 0 Å². The summed E-state index contributed by atoms with van der Waals surface area (Å²) < 4.78 is 13.0. The molecule has 160 valence electrons. The smallest absolute Gasteiger partial charge is 0.346 e. The minimum absolute atomic E-state index is 0. The Morgan fingerprint density at radius 2 is 1.65 bits per heavy atom. The lowest BCUT2D eigenvalue weighted by Crippen LogP contribution is -3.00. The van der Waals surface area contributed by atoms with Gasteiger partial charge in [0.1, 0.15) is 0 Å². The molecule has 0 radical (unpaired) electrons. The number of nitrogens with one attached hydrogen (secondary N) is 1. The van der Waals surface area contributed by atoms with Crippen molar-refractivity contribution in [2.75, 3.05) is 7.11 Å². The van der Waals surface area contributed by atoms with Crippen LogP contribution in [0.2, 0.25) is 0 Å². The number of hydrogen-bond acceptors (Lipinski definition) is 6. The minimum atomic E-state index is 0. The van der Waals surface area contributed by atoms with Gasteiger partial charge in [0, 0.05) is 12.6 Å². The molecular weight excluding hydrogens is 414 g/mol. The first-order chi connectivity index (χ1) is 14.7. The first-order valence-electron chi connectivity index (χ1n) is 9.71. The van der Waals surface area contributed by atoms with Crippen LogP contribution in [0.4, 0.5) is 0 Å². The lowest BCUT2D eigenvalue weighted by Gasteiger charge is -2.15. The van der Waals surface area contributed by atoms with Crippen LogP contribution < -0.4 is 27.2 Å². The van der Waals surface area contributed by atoms with Crippen LogP contribution in [0.3, 0.4) is 0 Å². The normalized spacial score (nSPS) is 11.4. The van der Waals surface area contributed by atoms with Crippen LogP contribution in [0, 0.1) is 0 Å². The molecule has 0 amide bonds. The summed E-state index contributed by atoms with van der Waals surface area (Å²) in [6.45, 7) is 2.85. The number of halogens is 1. The molecule has 0 aliphatic heterocycles. The van der Waals surface area contributed by atoms with Crippen molar-refractivity contribution in [3.05, 3.63) is 90.0 Å². The summed E-state index contributed by atoms with van der Waals surface area (Å²) in [6, 6.07) is 26.3. The van der Waals surface area contributed by atoms with Gasteiger partial charge in [-0.2, -0.15) is 4.68 Å². The summed E-state index contributed by atoms with van der Waals surface area (Å²) in [5.74, 6) is 1.16. The first-order valence-corrected chi connectivity index (χ1v) is 9.71. The monoisotopic (exact) mass is 436 g/mol. The molecule has 0 bridgehead atoms. The molecule has 1 aromatic heterocycles. The number of rotatable bonds is 8. The van der Waals surface area contributed by atoms with E-state index in [4.69, 9.17) is 9.47 Å². The highest BCUT2D eigenvalue weighted by Crippen LogP contribution is 2.32. The number of benzene rings is 3. The van der Waals surface area contributed by atoms with E-state index in [0.717, 1.165) is 11.3 Å². The molecule has 1 heterocycles. The van der Waals surface area contributed by atoms with E-state index in [1.165, 1.54) is 10.2 Å². The van der Waals surface area contributed by atoms with E-state index in [2.05, 4.69) is 39.9 Å². The summed E-state index contributed by atoms with van der Waals surface area (Å²) in [4.78, 5) is 0. The summed E-state index contributed by atoms with van der Waals surface area (Å²) in [5.41, 5.74) is 3.15. The van der Waals surface area contributed by atoms with Crippen LogP contribution in [0.5, 0.6) is 17.5 Å². The zero-order valence-corrected chi connectivity index (χ0v) is 18.0. The maximum absolute atomic E-state index is 5.96. The van der Waals surface area contributed by atoms with Gasteiger partial charge < -0.3 is 27.2 Å². The molecule has 0 fully saturated rings. The van der Waals surface area contributed by atoms with E-state index in [1.807, 2.05) is 66.7 Å². The molecule has 1 unspecified atom stereocenters. The largest absolute Gasteiger partial charge is 1.00 e. The Morgan fingerprint density at radius 3 is 2.35 bits per heavy atom. The summed E-state index contributed by atoms with van der Waals surface area (Å²) in [6.07, 6.45) is 0. The zero-order chi connectivity index (χ0) is 20.8.